The molecule has 1 fully saturated rings. The van der Waals surface area contributed by atoms with E-state index in [1.165, 1.54) is 10.9 Å². The summed E-state index contributed by atoms with van der Waals surface area (Å²) in [5.41, 5.74) is 3.48. The van der Waals surface area contributed by atoms with Crippen molar-refractivity contribution in [3.8, 4) is 0 Å². The highest BCUT2D eigenvalue weighted by molar-refractivity contribution is 7.99. The SMILES string of the molecule is O=C(CSCc1cccc(Cl)c1)N1CCN(Cc2cccc3cccnc23)CC1. The molecule has 0 unspecified atom stereocenters. The van der Waals surface area contributed by atoms with E-state index in [1.54, 1.807) is 11.8 Å². The molecular weight excluding hydrogens is 402 g/mol. The number of hydrogen-bond acceptors (Lipinski definition) is 4. The summed E-state index contributed by atoms with van der Waals surface area (Å²) in [6.07, 6.45) is 1.85. The van der Waals surface area contributed by atoms with Crippen LogP contribution in [0.4, 0.5) is 0 Å². The summed E-state index contributed by atoms with van der Waals surface area (Å²) in [5, 5.41) is 1.92. The predicted octanol–water partition coefficient (Wildman–Crippen LogP) is 4.47. The molecule has 3 aromatic rings. The fourth-order valence-electron chi connectivity index (χ4n) is 3.67. The summed E-state index contributed by atoms with van der Waals surface area (Å²) < 4.78 is 0. The maximum absolute atomic E-state index is 12.5. The lowest BCUT2D eigenvalue weighted by Crippen LogP contribution is -2.48. The number of fused-ring (bicyclic) bond motifs is 1. The molecule has 2 heterocycles. The standard InChI is InChI=1S/C23H24ClN3OS/c24-21-8-1-4-18(14-21)16-29-17-22(28)27-12-10-26(11-13-27)15-20-6-2-5-19-7-3-9-25-23(19)20/h1-9,14H,10-13,15-17H2. The van der Waals surface area contributed by atoms with E-state index in [0.717, 1.165) is 54.6 Å². The Labute approximate surface area is 180 Å². The zero-order valence-corrected chi connectivity index (χ0v) is 17.8. The predicted molar refractivity (Wildman–Crippen MR) is 121 cm³/mol. The highest BCUT2D eigenvalue weighted by Gasteiger charge is 2.21. The summed E-state index contributed by atoms with van der Waals surface area (Å²) in [5.74, 6) is 1.55. The molecule has 0 N–H and O–H groups in total. The van der Waals surface area contributed by atoms with Crippen LogP contribution >= 0.6 is 23.4 Å². The molecule has 0 radical (unpaired) electrons. The molecule has 1 amide bonds. The van der Waals surface area contributed by atoms with Gasteiger partial charge in [-0.1, -0.05) is 48.0 Å². The number of benzene rings is 2. The molecule has 4 rings (SSSR count). The van der Waals surface area contributed by atoms with Gasteiger partial charge < -0.3 is 4.90 Å². The maximum atomic E-state index is 12.5. The fraction of sp³-hybridized carbons (Fsp3) is 0.304. The van der Waals surface area contributed by atoms with Crippen molar-refractivity contribution >= 4 is 40.2 Å². The number of thioether (sulfide) groups is 1. The Balaban J connectivity index is 1.25. The van der Waals surface area contributed by atoms with Gasteiger partial charge in [0.15, 0.2) is 0 Å². The van der Waals surface area contributed by atoms with Gasteiger partial charge in [-0.05, 0) is 29.3 Å². The summed E-state index contributed by atoms with van der Waals surface area (Å²) in [6, 6.07) is 18.2. The molecular formula is C23H24ClN3OS. The zero-order valence-electron chi connectivity index (χ0n) is 16.3. The molecule has 4 nitrogen and oxygen atoms in total. The van der Waals surface area contributed by atoms with Crippen molar-refractivity contribution in [3.63, 3.8) is 0 Å². The van der Waals surface area contributed by atoms with Gasteiger partial charge in [0.25, 0.3) is 0 Å². The highest BCUT2D eigenvalue weighted by Crippen LogP contribution is 2.20. The molecule has 2 aromatic carbocycles. The van der Waals surface area contributed by atoms with Crippen LogP contribution in [0.1, 0.15) is 11.1 Å². The monoisotopic (exact) mass is 425 g/mol. The number of nitrogens with zero attached hydrogens (tertiary/aromatic N) is 3. The summed E-state index contributed by atoms with van der Waals surface area (Å²) in [7, 11) is 0. The van der Waals surface area contributed by atoms with Gasteiger partial charge in [0.2, 0.25) is 5.91 Å². The van der Waals surface area contributed by atoms with Gasteiger partial charge >= 0.3 is 0 Å². The third-order valence-electron chi connectivity index (χ3n) is 5.22. The number of aromatic nitrogens is 1. The molecule has 1 aliphatic heterocycles. The summed E-state index contributed by atoms with van der Waals surface area (Å²) in [6.45, 7) is 4.24. The number of piperazine rings is 1. The third-order valence-corrected chi connectivity index (χ3v) is 6.44. The minimum atomic E-state index is 0.225. The van der Waals surface area contributed by atoms with E-state index < -0.39 is 0 Å². The second kappa shape index (κ2) is 9.61. The third kappa shape index (κ3) is 5.30. The van der Waals surface area contributed by atoms with Crippen LogP contribution in [0.2, 0.25) is 5.02 Å². The Morgan fingerprint density at radius 1 is 1.03 bits per heavy atom. The van der Waals surface area contributed by atoms with Gasteiger partial charge in [-0.15, -0.1) is 11.8 Å². The van der Waals surface area contributed by atoms with Crippen LogP contribution in [0.3, 0.4) is 0 Å². The molecule has 1 aromatic heterocycles. The van der Waals surface area contributed by atoms with E-state index in [9.17, 15) is 4.79 Å². The number of amides is 1. The van der Waals surface area contributed by atoms with Gasteiger partial charge in [0.1, 0.15) is 0 Å². The van der Waals surface area contributed by atoms with Crippen molar-refractivity contribution in [1.29, 1.82) is 0 Å². The summed E-state index contributed by atoms with van der Waals surface area (Å²) >= 11 is 7.67. The van der Waals surface area contributed by atoms with E-state index >= 15 is 0 Å². The molecule has 150 valence electrons. The first-order valence-electron chi connectivity index (χ1n) is 9.84. The Hall–Kier alpha value is -2.08. The highest BCUT2D eigenvalue weighted by atomic mass is 35.5. The number of halogens is 1. The second-order valence-electron chi connectivity index (χ2n) is 7.27. The molecule has 6 heteroatoms. The Bertz CT molecular complexity index is 983. The number of para-hydroxylation sites is 1. The number of carbonyl (C=O) groups is 1. The number of rotatable bonds is 6. The largest absolute Gasteiger partial charge is 0.339 e. The minimum absolute atomic E-state index is 0.225. The number of carbonyl (C=O) groups excluding carboxylic acids is 1. The Kier molecular flexibility index (Phi) is 6.70. The van der Waals surface area contributed by atoms with E-state index in [4.69, 9.17) is 11.6 Å². The molecule has 1 saturated heterocycles. The van der Waals surface area contributed by atoms with Gasteiger partial charge in [-0.25, -0.2) is 0 Å². The fourth-order valence-corrected chi connectivity index (χ4v) is 4.75. The average Bonchev–Trinajstić information content (AvgIpc) is 2.74. The average molecular weight is 426 g/mol. The van der Waals surface area contributed by atoms with Crippen molar-refractivity contribution in [2.24, 2.45) is 0 Å². The smallest absolute Gasteiger partial charge is 0.232 e. The van der Waals surface area contributed by atoms with Crippen LogP contribution in [0.5, 0.6) is 0 Å². The van der Waals surface area contributed by atoms with Crippen LogP contribution < -0.4 is 0 Å². The van der Waals surface area contributed by atoms with Crippen molar-refractivity contribution in [2.45, 2.75) is 12.3 Å². The van der Waals surface area contributed by atoms with Crippen LogP contribution in [0, 0.1) is 0 Å². The van der Waals surface area contributed by atoms with Crippen molar-refractivity contribution in [2.75, 3.05) is 31.9 Å². The topological polar surface area (TPSA) is 36.4 Å². The Morgan fingerprint density at radius 2 is 1.83 bits per heavy atom. The van der Waals surface area contributed by atoms with E-state index in [-0.39, 0.29) is 5.91 Å². The van der Waals surface area contributed by atoms with Gasteiger partial charge in [-0.2, -0.15) is 0 Å². The first-order valence-corrected chi connectivity index (χ1v) is 11.4. The minimum Gasteiger partial charge on any atom is -0.339 e. The van der Waals surface area contributed by atoms with E-state index in [2.05, 4.69) is 34.1 Å². The molecule has 0 spiro atoms. The van der Waals surface area contributed by atoms with E-state index in [0.29, 0.717) is 5.75 Å². The molecule has 29 heavy (non-hydrogen) atoms. The Morgan fingerprint density at radius 3 is 2.66 bits per heavy atom. The second-order valence-corrected chi connectivity index (χ2v) is 8.69. The van der Waals surface area contributed by atoms with Gasteiger partial charge in [-0.3, -0.25) is 14.7 Å². The van der Waals surface area contributed by atoms with Crippen molar-refractivity contribution < 1.29 is 4.79 Å². The maximum Gasteiger partial charge on any atom is 0.232 e. The quantitative estimate of drug-likeness (QED) is 0.584. The number of pyridine rings is 1. The molecule has 1 aliphatic rings. The lowest BCUT2D eigenvalue weighted by molar-refractivity contribution is -0.130. The molecule has 0 atom stereocenters. The van der Waals surface area contributed by atoms with Crippen LogP contribution in [0.15, 0.2) is 60.8 Å². The van der Waals surface area contributed by atoms with E-state index in [1.807, 2.05) is 41.4 Å². The van der Waals surface area contributed by atoms with Crippen LogP contribution in [-0.4, -0.2) is 52.6 Å². The van der Waals surface area contributed by atoms with Crippen LogP contribution in [-0.2, 0) is 17.1 Å². The van der Waals surface area contributed by atoms with Crippen molar-refractivity contribution in [3.05, 3.63) is 76.9 Å². The first-order chi connectivity index (χ1) is 14.2. The molecule has 0 bridgehead atoms. The lowest BCUT2D eigenvalue weighted by atomic mass is 10.1. The van der Waals surface area contributed by atoms with Crippen molar-refractivity contribution in [1.82, 2.24) is 14.8 Å². The van der Waals surface area contributed by atoms with Crippen LogP contribution in [0.25, 0.3) is 10.9 Å². The normalized spacial score (nSPS) is 15.0. The summed E-state index contributed by atoms with van der Waals surface area (Å²) in [4.78, 5) is 21.5. The zero-order chi connectivity index (χ0) is 20.1. The lowest BCUT2D eigenvalue weighted by Gasteiger charge is -2.34. The van der Waals surface area contributed by atoms with Gasteiger partial charge in [0.05, 0.1) is 11.3 Å². The number of hydrogen-bond donors (Lipinski definition) is 0. The first kappa shape index (κ1) is 20.2. The molecule has 0 saturated carbocycles. The van der Waals surface area contributed by atoms with Gasteiger partial charge in [0, 0.05) is 55.1 Å². The molecule has 0 aliphatic carbocycles.